The van der Waals surface area contributed by atoms with Crippen LogP contribution in [0.3, 0.4) is 0 Å². The van der Waals surface area contributed by atoms with Gasteiger partial charge in [0.05, 0.1) is 0 Å². The van der Waals surface area contributed by atoms with Gasteiger partial charge in [-0.25, -0.2) is 0 Å². The summed E-state index contributed by atoms with van der Waals surface area (Å²) in [5.74, 6) is 1.20. The zero-order valence-corrected chi connectivity index (χ0v) is 8.05. The van der Waals surface area contributed by atoms with Crippen LogP contribution in [0.4, 0.5) is 0 Å². The molecule has 0 aliphatic heterocycles. The van der Waals surface area contributed by atoms with Crippen LogP contribution in [0.5, 0.6) is 0 Å². The van der Waals surface area contributed by atoms with Crippen LogP contribution in [0.2, 0.25) is 0 Å². The van der Waals surface area contributed by atoms with Crippen LogP contribution < -0.4 is 0 Å². The van der Waals surface area contributed by atoms with E-state index < -0.39 is 0 Å². The molecule has 0 aromatic heterocycles. The molecular weight excluding hydrogens is 148 g/mol. The summed E-state index contributed by atoms with van der Waals surface area (Å²) >= 11 is 0. The molecule has 0 aromatic carbocycles. The molecule has 0 saturated heterocycles. The maximum Gasteiger partial charge on any atom is 0.158 e. The molecule has 2 unspecified atom stereocenters. The maximum atomic E-state index is 11.3. The van der Waals surface area contributed by atoms with E-state index in [-0.39, 0.29) is 5.92 Å². The predicted octanol–water partition coefficient (Wildman–Crippen LogP) is 2.96. The van der Waals surface area contributed by atoms with E-state index in [1.54, 1.807) is 6.08 Å². The number of unbranched alkanes of at least 4 members (excludes halogenated alkanes) is 1. The lowest BCUT2D eigenvalue weighted by Gasteiger charge is -2.23. The molecule has 0 aromatic rings. The minimum atomic E-state index is 0.265. The molecule has 0 heterocycles. The van der Waals surface area contributed by atoms with Gasteiger partial charge >= 0.3 is 0 Å². The lowest BCUT2D eigenvalue weighted by Crippen LogP contribution is -2.22. The molecule has 0 saturated carbocycles. The lowest BCUT2D eigenvalue weighted by molar-refractivity contribution is -0.119. The van der Waals surface area contributed by atoms with Crippen molar-refractivity contribution in [2.75, 3.05) is 0 Å². The minimum absolute atomic E-state index is 0.265. The first-order chi connectivity index (χ1) is 5.75. The first-order valence-corrected chi connectivity index (χ1v) is 4.96. The molecule has 1 aliphatic carbocycles. The standard InChI is InChI=1S/C11H18O/c1-3-4-6-10-7-5-8-11(12)9(10)2/h5,8-10H,3-4,6-7H2,1-2H3. The van der Waals surface area contributed by atoms with Gasteiger partial charge in [-0.15, -0.1) is 0 Å². The molecule has 68 valence electrons. The number of allylic oxidation sites excluding steroid dienone is 2. The largest absolute Gasteiger partial charge is 0.295 e. The van der Waals surface area contributed by atoms with Crippen molar-refractivity contribution in [2.24, 2.45) is 11.8 Å². The molecule has 0 amide bonds. The van der Waals surface area contributed by atoms with Crippen LogP contribution in [0, 0.1) is 11.8 Å². The number of carbonyl (C=O) groups excluding carboxylic acids is 1. The lowest BCUT2D eigenvalue weighted by atomic mass is 9.80. The fourth-order valence-corrected chi connectivity index (χ4v) is 1.78. The molecule has 1 aliphatic rings. The Morgan fingerprint density at radius 3 is 3.00 bits per heavy atom. The van der Waals surface area contributed by atoms with Crippen molar-refractivity contribution in [1.82, 2.24) is 0 Å². The molecule has 1 heteroatoms. The van der Waals surface area contributed by atoms with Crippen LogP contribution in [0.25, 0.3) is 0 Å². The van der Waals surface area contributed by atoms with Crippen molar-refractivity contribution < 1.29 is 4.79 Å². The summed E-state index contributed by atoms with van der Waals surface area (Å²) in [5, 5.41) is 0. The van der Waals surface area contributed by atoms with Crippen LogP contribution in [0.15, 0.2) is 12.2 Å². The van der Waals surface area contributed by atoms with E-state index in [1.807, 2.05) is 6.08 Å². The van der Waals surface area contributed by atoms with Gasteiger partial charge in [0, 0.05) is 5.92 Å². The quantitative estimate of drug-likeness (QED) is 0.630. The number of ketones is 1. The van der Waals surface area contributed by atoms with Crippen LogP contribution >= 0.6 is 0 Å². The molecule has 0 N–H and O–H groups in total. The van der Waals surface area contributed by atoms with Crippen LogP contribution in [-0.2, 0) is 4.79 Å². The monoisotopic (exact) mass is 166 g/mol. The number of carbonyl (C=O) groups is 1. The first kappa shape index (κ1) is 9.50. The highest BCUT2D eigenvalue weighted by molar-refractivity contribution is 5.92. The molecule has 0 bridgehead atoms. The highest BCUT2D eigenvalue weighted by Gasteiger charge is 2.23. The average molecular weight is 166 g/mol. The van der Waals surface area contributed by atoms with Crippen molar-refractivity contribution in [2.45, 2.75) is 39.5 Å². The molecule has 12 heavy (non-hydrogen) atoms. The smallest absolute Gasteiger partial charge is 0.158 e. The van der Waals surface area contributed by atoms with E-state index in [2.05, 4.69) is 13.8 Å². The minimum Gasteiger partial charge on any atom is -0.295 e. The Morgan fingerprint density at radius 1 is 1.58 bits per heavy atom. The summed E-state index contributed by atoms with van der Waals surface area (Å²) in [7, 11) is 0. The van der Waals surface area contributed by atoms with Gasteiger partial charge < -0.3 is 0 Å². The molecule has 2 atom stereocenters. The van der Waals surface area contributed by atoms with Crippen molar-refractivity contribution in [1.29, 1.82) is 0 Å². The van der Waals surface area contributed by atoms with E-state index in [9.17, 15) is 4.79 Å². The van der Waals surface area contributed by atoms with E-state index in [0.29, 0.717) is 11.7 Å². The predicted molar refractivity (Wildman–Crippen MR) is 50.9 cm³/mol. The number of rotatable bonds is 3. The van der Waals surface area contributed by atoms with Gasteiger partial charge in [0.15, 0.2) is 5.78 Å². The van der Waals surface area contributed by atoms with E-state index in [4.69, 9.17) is 0 Å². The fraction of sp³-hybridized carbons (Fsp3) is 0.727. The van der Waals surface area contributed by atoms with Crippen molar-refractivity contribution in [3.8, 4) is 0 Å². The Balaban J connectivity index is 2.44. The molecule has 1 nitrogen and oxygen atoms in total. The number of hydrogen-bond donors (Lipinski definition) is 0. The fourth-order valence-electron chi connectivity index (χ4n) is 1.78. The zero-order chi connectivity index (χ0) is 8.97. The van der Waals surface area contributed by atoms with E-state index in [0.717, 1.165) is 6.42 Å². The normalized spacial score (nSPS) is 29.3. The summed E-state index contributed by atoms with van der Waals surface area (Å²) in [6.07, 6.45) is 8.59. The number of hydrogen-bond acceptors (Lipinski definition) is 1. The topological polar surface area (TPSA) is 17.1 Å². The zero-order valence-electron chi connectivity index (χ0n) is 8.05. The Kier molecular flexibility index (Phi) is 3.51. The van der Waals surface area contributed by atoms with Gasteiger partial charge in [0.1, 0.15) is 0 Å². The van der Waals surface area contributed by atoms with Gasteiger partial charge in [0.25, 0.3) is 0 Å². The third kappa shape index (κ3) is 2.20. The third-order valence-electron chi connectivity index (χ3n) is 2.81. The second-order valence-corrected chi connectivity index (χ2v) is 3.73. The van der Waals surface area contributed by atoms with Crippen LogP contribution in [-0.4, -0.2) is 5.78 Å². The molecule has 0 fully saturated rings. The van der Waals surface area contributed by atoms with Crippen LogP contribution in [0.1, 0.15) is 39.5 Å². The Morgan fingerprint density at radius 2 is 2.33 bits per heavy atom. The Bertz CT molecular complexity index is 181. The molecule has 1 rings (SSSR count). The van der Waals surface area contributed by atoms with Gasteiger partial charge in [0.2, 0.25) is 0 Å². The van der Waals surface area contributed by atoms with Gasteiger partial charge in [-0.1, -0.05) is 32.8 Å². The van der Waals surface area contributed by atoms with Gasteiger partial charge in [-0.3, -0.25) is 4.79 Å². The molecule has 0 spiro atoms. The summed E-state index contributed by atoms with van der Waals surface area (Å²) < 4.78 is 0. The second kappa shape index (κ2) is 4.44. The summed E-state index contributed by atoms with van der Waals surface area (Å²) in [5.41, 5.74) is 0. The third-order valence-corrected chi connectivity index (χ3v) is 2.81. The summed E-state index contributed by atoms with van der Waals surface area (Å²) in [6.45, 7) is 4.26. The summed E-state index contributed by atoms with van der Waals surface area (Å²) in [6, 6.07) is 0. The van der Waals surface area contributed by atoms with Crippen molar-refractivity contribution in [3.05, 3.63) is 12.2 Å². The van der Waals surface area contributed by atoms with Crippen molar-refractivity contribution in [3.63, 3.8) is 0 Å². The maximum absolute atomic E-state index is 11.3. The van der Waals surface area contributed by atoms with Gasteiger partial charge in [-0.05, 0) is 24.8 Å². The SMILES string of the molecule is CCCCC1CC=CC(=O)C1C. The Labute approximate surface area is 74.9 Å². The Hall–Kier alpha value is -0.590. The molecular formula is C11H18O. The highest BCUT2D eigenvalue weighted by Crippen LogP contribution is 2.26. The second-order valence-electron chi connectivity index (χ2n) is 3.73. The van der Waals surface area contributed by atoms with Gasteiger partial charge in [-0.2, -0.15) is 0 Å². The van der Waals surface area contributed by atoms with E-state index >= 15 is 0 Å². The highest BCUT2D eigenvalue weighted by atomic mass is 16.1. The molecule has 0 radical (unpaired) electrons. The summed E-state index contributed by atoms with van der Waals surface area (Å²) in [4.78, 5) is 11.3. The van der Waals surface area contributed by atoms with E-state index in [1.165, 1.54) is 19.3 Å². The van der Waals surface area contributed by atoms with Crippen molar-refractivity contribution >= 4 is 5.78 Å². The average Bonchev–Trinajstić information content (AvgIpc) is 2.08. The first-order valence-electron chi connectivity index (χ1n) is 4.96.